The molecule has 1 N–H and O–H groups in total. The van der Waals surface area contributed by atoms with Gasteiger partial charge in [-0.25, -0.2) is 0 Å². The summed E-state index contributed by atoms with van der Waals surface area (Å²) < 4.78 is 38.3. The number of hydrogen-bond donors (Lipinski definition) is 1. The van der Waals surface area contributed by atoms with Crippen LogP contribution < -0.4 is 0 Å². The number of aromatic nitrogens is 1. The first-order chi connectivity index (χ1) is 9.38. The van der Waals surface area contributed by atoms with E-state index >= 15 is 0 Å². The maximum Gasteiger partial charge on any atom is 0.416 e. The van der Waals surface area contributed by atoms with Gasteiger partial charge in [-0.2, -0.15) is 13.2 Å². The van der Waals surface area contributed by atoms with Crippen LogP contribution in [0.2, 0.25) is 0 Å². The maximum absolute atomic E-state index is 12.8. The van der Waals surface area contributed by atoms with Gasteiger partial charge in [0.05, 0.1) is 11.3 Å². The van der Waals surface area contributed by atoms with Crippen LogP contribution in [0.15, 0.2) is 48.7 Å². The molecule has 0 spiro atoms. The van der Waals surface area contributed by atoms with E-state index in [0.717, 1.165) is 12.1 Å². The summed E-state index contributed by atoms with van der Waals surface area (Å²) in [5, 5.41) is 10.7. The van der Waals surface area contributed by atoms with E-state index in [-0.39, 0.29) is 12.0 Å². The molecular weight excluding hydrogens is 267 g/mol. The van der Waals surface area contributed by atoms with Crippen molar-refractivity contribution in [3.63, 3.8) is 0 Å². The normalized spacial score (nSPS) is 14.8. The second-order valence-corrected chi connectivity index (χ2v) is 4.51. The van der Waals surface area contributed by atoms with Crippen LogP contribution in [-0.2, 0) is 11.8 Å². The lowest BCUT2D eigenvalue weighted by Gasteiger charge is -2.27. The van der Waals surface area contributed by atoms with E-state index < -0.39 is 17.3 Å². The first kappa shape index (κ1) is 14.5. The van der Waals surface area contributed by atoms with E-state index in [1.165, 1.54) is 18.3 Å². The molecule has 2 aromatic rings. The number of alkyl halides is 3. The van der Waals surface area contributed by atoms with Crippen LogP contribution in [0.5, 0.6) is 0 Å². The van der Waals surface area contributed by atoms with Crippen LogP contribution in [0.1, 0.15) is 30.2 Å². The van der Waals surface area contributed by atoms with E-state index in [0.29, 0.717) is 5.69 Å². The number of benzene rings is 1. The third kappa shape index (κ3) is 2.67. The fraction of sp³-hybridized carbons (Fsp3) is 0.267. The lowest BCUT2D eigenvalue weighted by atomic mass is 9.86. The van der Waals surface area contributed by atoms with E-state index in [1.54, 1.807) is 25.1 Å². The van der Waals surface area contributed by atoms with Gasteiger partial charge in [0, 0.05) is 6.20 Å². The van der Waals surface area contributed by atoms with Crippen molar-refractivity contribution in [2.75, 3.05) is 0 Å². The fourth-order valence-electron chi connectivity index (χ4n) is 2.09. The van der Waals surface area contributed by atoms with Gasteiger partial charge in [-0.15, -0.1) is 0 Å². The van der Waals surface area contributed by atoms with Crippen molar-refractivity contribution in [2.45, 2.75) is 25.1 Å². The molecule has 1 heterocycles. The monoisotopic (exact) mass is 281 g/mol. The highest BCUT2D eigenvalue weighted by molar-refractivity contribution is 5.35. The summed E-state index contributed by atoms with van der Waals surface area (Å²) in [4.78, 5) is 4.06. The minimum atomic E-state index is -4.44. The number of hydrogen-bond acceptors (Lipinski definition) is 2. The van der Waals surface area contributed by atoms with E-state index in [9.17, 15) is 18.3 Å². The quantitative estimate of drug-likeness (QED) is 0.929. The van der Waals surface area contributed by atoms with Crippen molar-refractivity contribution in [1.82, 2.24) is 4.98 Å². The number of nitrogens with zero attached hydrogens (tertiary/aromatic N) is 1. The predicted octanol–water partition coefficient (Wildman–Crippen LogP) is 3.75. The van der Waals surface area contributed by atoms with E-state index in [2.05, 4.69) is 4.98 Å². The summed E-state index contributed by atoms with van der Waals surface area (Å²) in [6, 6.07) is 9.71. The predicted molar refractivity (Wildman–Crippen MR) is 69.0 cm³/mol. The Morgan fingerprint density at radius 2 is 1.75 bits per heavy atom. The highest BCUT2D eigenvalue weighted by Gasteiger charge is 2.35. The van der Waals surface area contributed by atoms with Crippen molar-refractivity contribution >= 4 is 0 Å². The molecule has 2 rings (SSSR count). The van der Waals surface area contributed by atoms with Crippen LogP contribution >= 0.6 is 0 Å². The molecule has 0 aliphatic carbocycles. The number of aliphatic hydroxyl groups is 1. The molecule has 2 nitrogen and oxygen atoms in total. The maximum atomic E-state index is 12.8. The standard InChI is InChI=1S/C15H14F3NO/c1-2-14(20,13-8-3-4-9-19-13)11-6-5-7-12(10-11)15(16,17)18/h3-10,20H,2H2,1H3. The minimum Gasteiger partial charge on any atom is -0.379 e. The number of rotatable bonds is 3. The molecule has 0 bridgehead atoms. The molecule has 1 atom stereocenters. The molecule has 106 valence electrons. The number of pyridine rings is 1. The second-order valence-electron chi connectivity index (χ2n) is 4.51. The fourth-order valence-corrected chi connectivity index (χ4v) is 2.09. The molecule has 5 heteroatoms. The van der Waals surface area contributed by atoms with Gasteiger partial charge in [0.2, 0.25) is 0 Å². The van der Waals surface area contributed by atoms with Crippen molar-refractivity contribution in [3.8, 4) is 0 Å². The molecule has 0 aliphatic heterocycles. The third-order valence-electron chi connectivity index (χ3n) is 3.27. The summed E-state index contributed by atoms with van der Waals surface area (Å²) >= 11 is 0. The van der Waals surface area contributed by atoms with Crippen LogP contribution in [-0.4, -0.2) is 10.1 Å². The Hall–Kier alpha value is -1.88. The van der Waals surface area contributed by atoms with Crippen molar-refractivity contribution < 1.29 is 18.3 Å². The van der Waals surface area contributed by atoms with Crippen LogP contribution in [0.3, 0.4) is 0 Å². The molecule has 0 fully saturated rings. The van der Waals surface area contributed by atoms with Gasteiger partial charge in [0.15, 0.2) is 0 Å². The van der Waals surface area contributed by atoms with Gasteiger partial charge >= 0.3 is 6.18 Å². The highest BCUT2D eigenvalue weighted by Crippen LogP contribution is 2.35. The Morgan fingerprint density at radius 3 is 2.30 bits per heavy atom. The first-order valence-electron chi connectivity index (χ1n) is 6.19. The molecule has 0 radical (unpaired) electrons. The van der Waals surface area contributed by atoms with Crippen molar-refractivity contribution in [2.24, 2.45) is 0 Å². The smallest absolute Gasteiger partial charge is 0.379 e. The second kappa shape index (κ2) is 5.25. The molecule has 1 aromatic carbocycles. The van der Waals surface area contributed by atoms with Gasteiger partial charge in [-0.3, -0.25) is 4.98 Å². The zero-order chi connectivity index (χ0) is 14.8. The lowest BCUT2D eigenvalue weighted by molar-refractivity contribution is -0.137. The highest BCUT2D eigenvalue weighted by atomic mass is 19.4. The summed E-state index contributed by atoms with van der Waals surface area (Å²) in [7, 11) is 0. The third-order valence-corrected chi connectivity index (χ3v) is 3.27. The molecular formula is C15H14F3NO. The van der Waals surface area contributed by atoms with Crippen molar-refractivity contribution in [1.29, 1.82) is 0 Å². The summed E-state index contributed by atoms with van der Waals surface area (Å²) in [5.41, 5.74) is -1.78. The molecule has 0 saturated heterocycles. The number of halogens is 3. The molecule has 0 saturated carbocycles. The largest absolute Gasteiger partial charge is 0.416 e. The van der Waals surface area contributed by atoms with Gasteiger partial charge < -0.3 is 5.11 Å². The Bertz CT molecular complexity index is 583. The Morgan fingerprint density at radius 1 is 1.05 bits per heavy atom. The molecule has 1 unspecified atom stereocenters. The lowest BCUT2D eigenvalue weighted by Crippen LogP contribution is -2.28. The zero-order valence-electron chi connectivity index (χ0n) is 10.9. The Kier molecular flexibility index (Phi) is 3.81. The van der Waals surface area contributed by atoms with Crippen molar-refractivity contribution in [3.05, 3.63) is 65.5 Å². The summed E-state index contributed by atoms with van der Waals surface area (Å²) in [5.74, 6) is 0. The zero-order valence-corrected chi connectivity index (χ0v) is 10.9. The average molecular weight is 281 g/mol. The van der Waals surface area contributed by atoms with Gasteiger partial charge in [0.1, 0.15) is 5.60 Å². The Balaban J connectivity index is 2.53. The topological polar surface area (TPSA) is 33.1 Å². The van der Waals surface area contributed by atoms with Crippen LogP contribution in [0.4, 0.5) is 13.2 Å². The summed E-state index contributed by atoms with van der Waals surface area (Å²) in [6.45, 7) is 1.70. The van der Waals surface area contributed by atoms with E-state index in [4.69, 9.17) is 0 Å². The molecule has 20 heavy (non-hydrogen) atoms. The Labute approximate surface area is 114 Å². The average Bonchev–Trinajstić information content (AvgIpc) is 2.46. The van der Waals surface area contributed by atoms with Gasteiger partial charge in [-0.1, -0.05) is 25.1 Å². The molecule has 0 aliphatic rings. The van der Waals surface area contributed by atoms with Crippen LogP contribution in [0.25, 0.3) is 0 Å². The SMILES string of the molecule is CCC(O)(c1cccc(C(F)(F)F)c1)c1ccccn1. The molecule has 0 amide bonds. The minimum absolute atomic E-state index is 0.188. The first-order valence-corrected chi connectivity index (χ1v) is 6.19. The van der Waals surface area contributed by atoms with Gasteiger partial charge in [0.25, 0.3) is 0 Å². The summed E-state index contributed by atoms with van der Waals surface area (Å²) in [6.07, 6.45) is -2.70. The van der Waals surface area contributed by atoms with E-state index in [1.807, 2.05) is 0 Å². The molecule has 1 aromatic heterocycles. The van der Waals surface area contributed by atoms with Crippen LogP contribution in [0, 0.1) is 0 Å². The van der Waals surface area contributed by atoms with Gasteiger partial charge in [-0.05, 0) is 36.2 Å².